The minimum Gasteiger partial charge on any atom is -0.340 e. The maximum absolute atomic E-state index is 12.8. The molecule has 0 fully saturated rings. The van der Waals surface area contributed by atoms with Crippen molar-refractivity contribution >= 4 is 15.9 Å². The summed E-state index contributed by atoms with van der Waals surface area (Å²) in [6.45, 7) is 3.06. The summed E-state index contributed by atoms with van der Waals surface area (Å²) >= 11 is 0. The second-order valence-corrected chi connectivity index (χ2v) is 6.93. The van der Waals surface area contributed by atoms with Gasteiger partial charge in [0.05, 0.1) is 4.90 Å². The van der Waals surface area contributed by atoms with E-state index in [0.29, 0.717) is 13.1 Å². The monoisotopic (exact) mass is 331 g/mol. The number of hydrogen-bond acceptors (Lipinski definition) is 4. The molecule has 0 bridgehead atoms. The fraction of sp³-hybridized carbons (Fsp3) is 0.500. The summed E-state index contributed by atoms with van der Waals surface area (Å²) in [7, 11) is 0.102. The van der Waals surface area contributed by atoms with Crippen molar-refractivity contribution in [3.63, 3.8) is 0 Å². The molecule has 8 heteroatoms. The van der Waals surface area contributed by atoms with Gasteiger partial charge >= 0.3 is 0 Å². The first-order valence-electron chi connectivity index (χ1n) is 6.88. The summed E-state index contributed by atoms with van der Waals surface area (Å²) < 4.78 is 39.2. The van der Waals surface area contributed by atoms with Crippen molar-refractivity contribution in [1.82, 2.24) is 14.5 Å². The van der Waals surface area contributed by atoms with Crippen LogP contribution in [0.4, 0.5) is 4.39 Å². The number of likely N-dealkylation sites (N-methyl/N-ethyl adjacent to an activating group) is 1. The topological polar surface area (TPSA) is 69.7 Å². The van der Waals surface area contributed by atoms with Crippen molar-refractivity contribution in [3.05, 3.63) is 30.1 Å². The van der Waals surface area contributed by atoms with E-state index >= 15 is 0 Å². The summed E-state index contributed by atoms with van der Waals surface area (Å²) in [5.74, 6) is -0.603. The van der Waals surface area contributed by atoms with Crippen molar-refractivity contribution in [2.75, 3.05) is 40.3 Å². The third-order valence-corrected chi connectivity index (χ3v) is 4.54. The largest absolute Gasteiger partial charge is 0.340 e. The second-order valence-electron chi connectivity index (χ2n) is 5.16. The highest BCUT2D eigenvalue weighted by atomic mass is 32.2. The van der Waals surface area contributed by atoms with Crippen molar-refractivity contribution in [2.45, 2.75) is 11.8 Å². The van der Waals surface area contributed by atoms with Crippen LogP contribution in [0.5, 0.6) is 0 Å². The van der Waals surface area contributed by atoms with E-state index in [2.05, 4.69) is 4.72 Å². The van der Waals surface area contributed by atoms with Crippen LogP contribution in [0.15, 0.2) is 29.2 Å². The second kappa shape index (κ2) is 8.21. The Morgan fingerprint density at radius 3 is 2.23 bits per heavy atom. The lowest BCUT2D eigenvalue weighted by Gasteiger charge is -2.23. The van der Waals surface area contributed by atoms with Gasteiger partial charge in [0.2, 0.25) is 15.9 Å². The highest BCUT2D eigenvalue weighted by Crippen LogP contribution is 2.09. The fourth-order valence-corrected chi connectivity index (χ4v) is 2.78. The Morgan fingerprint density at radius 2 is 1.73 bits per heavy atom. The van der Waals surface area contributed by atoms with E-state index in [-0.39, 0.29) is 23.9 Å². The average molecular weight is 331 g/mol. The molecule has 0 heterocycles. The van der Waals surface area contributed by atoms with Gasteiger partial charge in [0.15, 0.2) is 0 Å². The summed E-state index contributed by atoms with van der Waals surface area (Å²) in [6, 6.07) is 4.58. The Morgan fingerprint density at radius 1 is 1.14 bits per heavy atom. The van der Waals surface area contributed by atoms with Gasteiger partial charge in [0.25, 0.3) is 0 Å². The predicted molar refractivity (Wildman–Crippen MR) is 82.4 cm³/mol. The van der Waals surface area contributed by atoms with Crippen LogP contribution in [0, 0.1) is 5.82 Å². The number of hydrogen-bond donors (Lipinski definition) is 1. The first kappa shape index (κ1) is 18.5. The van der Waals surface area contributed by atoms with Crippen LogP contribution in [0.2, 0.25) is 0 Å². The summed E-state index contributed by atoms with van der Waals surface area (Å²) in [4.78, 5) is 15.0. The van der Waals surface area contributed by atoms with Gasteiger partial charge < -0.3 is 9.80 Å². The first-order valence-corrected chi connectivity index (χ1v) is 8.36. The number of nitrogens with zero attached hydrogens (tertiary/aromatic N) is 2. The van der Waals surface area contributed by atoms with Crippen LogP contribution < -0.4 is 4.72 Å². The molecule has 1 aromatic carbocycles. The van der Waals surface area contributed by atoms with Gasteiger partial charge in [-0.3, -0.25) is 4.79 Å². The molecule has 1 aromatic rings. The zero-order chi connectivity index (χ0) is 16.8. The highest BCUT2D eigenvalue weighted by Gasteiger charge is 2.15. The van der Waals surface area contributed by atoms with E-state index < -0.39 is 15.8 Å². The molecule has 0 radical (unpaired) electrons. The van der Waals surface area contributed by atoms with Gasteiger partial charge in [-0.05, 0) is 38.4 Å². The molecule has 0 aromatic heterocycles. The quantitative estimate of drug-likeness (QED) is 0.754. The molecule has 0 aliphatic rings. The molecule has 0 saturated carbocycles. The van der Waals surface area contributed by atoms with E-state index in [9.17, 15) is 17.6 Å². The van der Waals surface area contributed by atoms with Gasteiger partial charge in [-0.2, -0.15) is 0 Å². The van der Waals surface area contributed by atoms with Crippen LogP contribution in [0.1, 0.15) is 6.92 Å². The number of sulfonamides is 1. The number of rotatable bonds is 8. The van der Waals surface area contributed by atoms with Crippen molar-refractivity contribution in [3.8, 4) is 0 Å². The zero-order valence-corrected chi connectivity index (χ0v) is 13.9. The van der Waals surface area contributed by atoms with Gasteiger partial charge in [0, 0.05) is 33.1 Å². The Balaban J connectivity index is 2.56. The lowest BCUT2D eigenvalue weighted by Crippen LogP contribution is -2.40. The maximum Gasteiger partial charge on any atom is 0.240 e. The molecule has 0 saturated heterocycles. The molecule has 0 atom stereocenters. The van der Waals surface area contributed by atoms with E-state index in [1.54, 1.807) is 4.90 Å². The number of halogens is 1. The first-order chi connectivity index (χ1) is 10.2. The molecule has 1 N–H and O–H groups in total. The van der Waals surface area contributed by atoms with Crippen molar-refractivity contribution < 1.29 is 17.6 Å². The molecular weight excluding hydrogens is 309 g/mol. The molecule has 1 amide bonds. The number of carbonyl (C=O) groups excluding carboxylic acids is 1. The molecule has 0 unspecified atom stereocenters. The van der Waals surface area contributed by atoms with Crippen LogP contribution in [-0.4, -0.2) is 64.4 Å². The van der Waals surface area contributed by atoms with Crippen molar-refractivity contribution in [1.29, 1.82) is 0 Å². The number of nitrogens with one attached hydrogen (secondary N) is 1. The summed E-state index contributed by atoms with van der Waals surface area (Å²) in [5.41, 5.74) is 0. The van der Waals surface area contributed by atoms with Gasteiger partial charge in [-0.1, -0.05) is 0 Å². The van der Waals surface area contributed by atoms with E-state index in [0.717, 1.165) is 12.1 Å². The van der Waals surface area contributed by atoms with Gasteiger partial charge in [-0.25, -0.2) is 17.5 Å². The molecular formula is C14H22FN3O3S. The molecule has 22 heavy (non-hydrogen) atoms. The van der Waals surface area contributed by atoms with E-state index in [1.807, 2.05) is 19.0 Å². The Labute approximate surface area is 131 Å². The van der Waals surface area contributed by atoms with E-state index in [4.69, 9.17) is 0 Å². The van der Waals surface area contributed by atoms with Gasteiger partial charge in [0.1, 0.15) is 5.82 Å². The summed E-state index contributed by atoms with van der Waals surface area (Å²) in [5, 5.41) is 0. The van der Waals surface area contributed by atoms with Crippen LogP contribution in [0.3, 0.4) is 0 Å². The lowest BCUT2D eigenvalue weighted by molar-refractivity contribution is -0.128. The normalized spacial score (nSPS) is 11.7. The average Bonchev–Trinajstić information content (AvgIpc) is 2.42. The maximum atomic E-state index is 12.8. The predicted octanol–water partition coefficient (Wildman–Crippen LogP) is 0.514. The molecule has 0 aliphatic carbocycles. The molecule has 124 valence electrons. The molecule has 6 nitrogen and oxygen atoms in total. The fourth-order valence-electron chi connectivity index (χ4n) is 1.76. The zero-order valence-electron chi connectivity index (χ0n) is 13.0. The van der Waals surface area contributed by atoms with Gasteiger partial charge in [-0.15, -0.1) is 0 Å². The smallest absolute Gasteiger partial charge is 0.240 e. The number of benzene rings is 1. The van der Waals surface area contributed by atoms with Crippen LogP contribution in [0.25, 0.3) is 0 Å². The lowest BCUT2D eigenvalue weighted by atomic mass is 10.4. The number of amides is 1. The van der Waals surface area contributed by atoms with E-state index in [1.165, 1.54) is 19.1 Å². The Bertz CT molecular complexity index is 588. The molecule has 0 aliphatic heterocycles. The third-order valence-electron chi connectivity index (χ3n) is 3.06. The van der Waals surface area contributed by atoms with Crippen LogP contribution >= 0.6 is 0 Å². The minimum absolute atomic E-state index is 0.00318. The highest BCUT2D eigenvalue weighted by molar-refractivity contribution is 7.89. The van der Waals surface area contributed by atoms with Crippen molar-refractivity contribution in [2.24, 2.45) is 0 Å². The Kier molecular flexibility index (Phi) is 6.92. The molecule has 1 rings (SSSR count). The third kappa shape index (κ3) is 6.08. The standard InChI is InChI=1S/C14H22FN3O3S/c1-12(19)18(11-10-17(2)3)9-8-16-22(20,21)14-6-4-13(15)5-7-14/h4-7,16H,8-11H2,1-3H3. The van der Waals surface area contributed by atoms with Crippen LogP contribution in [-0.2, 0) is 14.8 Å². The summed E-state index contributed by atoms with van der Waals surface area (Å²) in [6.07, 6.45) is 0. The Hall–Kier alpha value is -1.51. The number of carbonyl (C=O) groups is 1. The minimum atomic E-state index is -3.69. The SMILES string of the molecule is CC(=O)N(CCNS(=O)(=O)c1ccc(F)cc1)CCN(C)C. The molecule has 0 spiro atoms.